The van der Waals surface area contributed by atoms with Gasteiger partial charge in [-0.2, -0.15) is 5.10 Å². The van der Waals surface area contributed by atoms with Crippen LogP contribution in [0.25, 0.3) is 27.6 Å². The van der Waals surface area contributed by atoms with Crippen LogP contribution < -0.4 is 19.6 Å². The number of fused-ring (bicyclic) bond motifs is 2. The molecular formula is C36H41ClN4O4. The van der Waals surface area contributed by atoms with Gasteiger partial charge in [-0.3, -0.25) is 4.79 Å². The molecule has 6 rings (SSSR count). The zero-order valence-electron chi connectivity index (χ0n) is 25.0. The second-order valence-corrected chi connectivity index (χ2v) is 10.6. The number of nitrogens with one attached hydrogen (secondary N) is 1. The van der Waals surface area contributed by atoms with Crippen molar-refractivity contribution in [2.75, 3.05) is 14.2 Å². The van der Waals surface area contributed by atoms with Gasteiger partial charge in [-0.25, -0.2) is 9.67 Å². The quantitative estimate of drug-likeness (QED) is 0.186. The molecule has 3 heterocycles. The van der Waals surface area contributed by atoms with Gasteiger partial charge in [-0.1, -0.05) is 56.8 Å². The average Bonchev–Trinajstić information content (AvgIpc) is 3.35. The first-order valence-electron chi connectivity index (χ1n) is 13.7. The summed E-state index contributed by atoms with van der Waals surface area (Å²) in [4.78, 5) is 20.0. The van der Waals surface area contributed by atoms with Crippen molar-refractivity contribution in [3.05, 3.63) is 116 Å². The van der Waals surface area contributed by atoms with Gasteiger partial charge in [0, 0.05) is 39.7 Å². The van der Waals surface area contributed by atoms with Crippen LogP contribution in [0, 0.1) is 27.7 Å². The molecule has 0 unspecified atom stereocenters. The Balaban J connectivity index is 0.000000235. The van der Waals surface area contributed by atoms with Crippen LogP contribution in [0.2, 0.25) is 5.15 Å². The highest BCUT2D eigenvalue weighted by Crippen LogP contribution is 2.34. The molecule has 0 radical (unpaired) electrons. The van der Waals surface area contributed by atoms with E-state index < -0.39 is 0 Å². The summed E-state index contributed by atoms with van der Waals surface area (Å²) in [6.45, 7) is 8.27. The fourth-order valence-corrected chi connectivity index (χ4v) is 5.24. The van der Waals surface area contributed by atoms with Gasteiger partial charge in [-0.05, 0) is 63.6 Å². The number of aromatic amines is 1. The predicted octanol–water partition coefficient (Wildman–Crippen LogP) is 8.70. The van der Waals surface area contributed by atoms with Crippen LogP contribution >= 0.6 is 11.6 Å². The monoisotopic (exact) mass is 628 g/mol. The third-order valence-electron chi connectivity index (χ3n) is 7.23. The largest absolute Gasteiger partial charge is 0.496 e. The molecule has 9 heteroatoms. The van der Waals surface area contributed by atoms with E-state index in [-0.39, 0.29) is 20.3 Å². The summed E-state index contributed by atoms with van der Waals surface area (Å²) in [5, 5.41) is 6.41. The first-order valence-corrected chi connectivity index (χ1v) is 14.1. The van der Waals surface area contributed by atoms with E-state index in [1.807, 2.05) is 82.3 Å². The van der Waals surface area contributed by atoms with E-state index in [0.29, 0.717) is 23.0 Å². The van der Waals surface area contributed by atoms with Gasteiger partial charge in [0.1, 0.15) is 34.8 Å². The van der Waals surface area contributed by atoms with E-state index >= 15 is 0 Å². The molecule has 0 fully saturated rings. The zero-order valence-corrected chi connectivity index (χ0v) is 25.7. The van der Waals surface area contributed by atoms with Gasteiger partial charge in [0.05, 0.1) is 30.9 Å². The molecule has 236 valence electrons. The number of methoxy groups -OCH3 is 2. The lowest BCUT2D eigenvalue weighted by atomic mass is 10.1. The Hall–Kier alpha value is -4.82. The molecule has 0 amide bonds. The lowest BCUT2D eigenvalue weighted by molar-refractivity contribution is 0.310. The molecule has 0 atom stereocenters. The summed E-state index contributed by atoms with van der Waals surface area (Å²) >= 11 is 6.14. The van der Waals surface area contributed by atoms with E-state index in [1.54, 1.807) is 37.1 Å². The van der Waals surface area contributed by atoms with Gasteiger partial charge in [0.2, 0.25) is 0 Å². The summed E-state index contributed by atoms with van der Waals surface area (Å²) < 4.78 is 18.4. The maximum Gasteiger partial charge on any atom is 0.191 e. The zero-order chi connectivity index (χ0) is 30.7. The van der Waals surface area contributed by atoms with Gasteiger partial charge >= 0.3 is 0 Å². The van der Waals surface area contributed by atoms with E-state index in [4.69, 9.17) is 25.8 Å². The number of rotatable bonds is 6. The number of pyridine rings is 2. The van der Waals surface area contributed by atoms with E-state index in [2.05, 4.69) is 15.1 Å². The average molecular weight is 629 g/mol. The predicted molar refractivity (Wildman–Crippen MR) is 185 cm³/mol. The number of H-pyrrole nitrogens is 1. The molecule has 45 heavy (non-hydrogen) atoms. The van der Waals surface area contributed by atoms with Crippen LogP contribution in [0.5, 0.6) is 17.2 Å². The summed E-state index contributed by atoms with van der Waals surface area (Å²) in [6.07, 6.45) is 0. The molecule has 6 aromatic rings. The molecule has 0 aliphatic rings. The van der Waals surface area contributed by atoms with E-state index in [1.165, 1.54) is 0 Å². The van der Waals surface area contributed by atoms with Crippen LogP contribution in [-0.2, 0) is 6.61 Å². The number of aromatic nitrogens is 4. The number of nitrogens with zero attached hydrogens (tertiary/aromatic N) is 3. The Morgan fingerprint density at radius 2 is 1.44 bits per heavy atom. The fraction of sp³-hybridized carbons (Fsp3) is 0.250. The van der Waals surface area contributed by atoms with Crippen molar-refractivity contribution in [2.45, 2.75) is 49.2 Å². The van der Waals surface area contributed by atoms with Crippen LogP contribution in [0.1, 0.15) is 42.9 Å². The highest BCUT2D eigenvalue weighted by Gasteiger charge is 2.13. The number of benzene rings is 3. The molecule has 0 bridgehead atoms. The van der Waals surface area contributed by atoms with E-state index in [9.17, 15) is 4.79 Å². The van der Waals surface area contributed by atoms with Crippen LogP contribution in [0.15, 0.2) is 77.6 Å². The molecule has 0 saturated heterocycles. The van der Waals surface area contributed by atoms with Crippen LogP contribution in [0.3, 0.4) is 0 Å². The van der Waals surface area contributed by atoms with Gasteiger partial charge in [0.15, 0.2) is 5.43 Å². The van der Waals surface area contributed by atoms with Crippen molar-refractivity contribution in [1.29, 1.82) is 0 Å². The van der Waals surface area contributed by atoms with Crippen molar-refractivity contribution in [3.8, 4) is 23.1 Å². The maximum atomic E-state index is 12.3. The second-order valence-electron chi connectivity index (χ2n) is 10.2. The summed E-state index contributed by atoms with van der Waals surface area (Å²) in [5.74, 6) is 2.93. The minimum absolute atomic E-state index is 0. The maximum absolute atomic E-state index is 12.3. The first-order chi connectivity index (χ1) is 20.7. The minimum atomic E-state index is -0.0305. The third-order valence-corrected chi connectivity index (χ3v) is 7.43. The normalized spacial score (nSPS) is 10.4. The van der Waals surface area contributed by atoms with Crippen molar-refractivity contribution >= 4 is 33.4 Å². The van der Waals surface area contributed by atoms with Crippen molar-refractivity contribution in [1.82, 2.24) is 19.7 Å². The molecule has 0 aliphatic carbocycles. The Bertz CT molecular complexity index is 1980. The Kier molecular flexibility index (Phi) is 11.4. The number of aryl methyl sites for hydroxylation is 4. The molecular weight excluding hydrogens is 588 g/mol. The highest BCUT2D eigenvalue weighted by molar-refractivity contribution is 6.30. The number of halogens is 1. The van der Waals surface area contributed by atoms with Crippen molar-refractivity contribution in [2.24, 2.45) is 0 Å². The number of hydrogen-bond donors (Lipinski definition) is 1. The molecule has 1 N–H and O–H groups in total. The number of ether oxygens (including phenoxy) is 3. The summed E-state index contributed by atoms with van der Waals surface area (Å²) in [5.41, 5.74) is 6.41. The second kappa shape index (κ2) is 14.8. The van der Waals surface area contributed by atoms with Crippen LogP contribution in [0.4, 0.5) is 0 Å². The molecule has 0 saturated carbocycles. The SMILES string of the molecule is C.C.COc1ccc2c(=O)cc(-n3nc(C)cc3C)[nH]c2c1C.COc1ccc2c(OCc3ccccc3)cc(Cl)nc2c1C. The van der Waals surface area contributed by atoms with Gasteiger partial charge < -0.3 is 19.2 Å². The molecule has 3 aromatic carbocycles. The standard InChI is InChI=1S/C18H16ClNO2.C16H17N3O2.2CH4/c1-12-15(21-2)9-8-14-16(10-17(19)20-18(12)14)22-11-13-6-4-3-5-7-13;1-9-7-10(2)19(18-9)15-8-13(20)12-5-6-14(21-4)11(3)16(12)17-15;;/h3-10H,11H2,1-2H3;5-8H,1-4H3,(H,17,20);2*1H4. The number of hydrogen-bond acceptors (Lipinski definition) is 6. The van der Waals surface area contributed by atoms with Crippen molar-refractivity contribution < 1.29 is 14.2 Å². The van der Waals surface area contributed by atoms with Crippen molar-refractivity contribution in [3.63, 3.8) is 0 Å². The lowest BCUT2D eigenvalue weighted by Gasteiger charge is -2.13. The third kappa shape index (κ3) is 7.29. The van der Waals surface area contributed by atoms with E-state index in [0.717, 1.165) is 61.7 Å². The first kappa shape index (κ1) is 34.7. The molecule has 8 nitrogen and oxygen atoms in total. The smallest absolute Gasteiger partial charge is 0.191 e. The van der Waals surface area contributed by atoms with Gasteiger partial charge in [0.25, 0.3) is 0 Å². The highest BCUT2D eigenvalue weighted by atomic mass is 35.5. The summed E-state index contributed by atoms with van der Waals surface area (Å²) in [7, 11) is 3.27. The molecule has 0 spiro atoms. The Morgan fingerprint density at radius 3 is 2.07 bits per heavy atom. The molecule has 3 aromatic heterocycles. The topological polar surface area (TPSA) is 91.3 Å². The summed E-state index contributed by atoms with van der Waals surface area (Å²) in [6, 6.07) is 22.8. The molecule has 0 aliphatic heterocycles. The lowest BCUT2D eigenvalue weighted by Crippen LogP contribution is -2.10. The Labute approximate surface area is 269 Å². The van der Waals surface area contributed by atoms with Gasteiger partial charge in [-0.15, -0.1) is 0 Å². The fourth-order valence-electron chi connectivity index (χ4n) is 5.06. The van der Waals surface area contributed by atoms with Crippen LogP contribution in [-0.4, -0.2) is 34.0 Å². The Morgan fingerprint density at radius 1 is 0.800 bits per heavy atom. The minimum Gasteiger partial charge on any atom is -0.496 e.